The highest BCUT2D eigenvalue weighted by Gasteiger charge is 2.18. The number of nitrogens with one attached hydrogen (secondary N) is 1. The van der Waals surface area contributed by atoms with E-state index in [1.165, 1.54) is 0 Å². The smallest absolute Gasteiger partial charge is 0.266 e. The average Bonchev–Trinajstić information content (AvgIpc) is 2.79. The predicted octanol–water partition coefficient (Wildman–Crippen LogP) is 3.93. The molecule has 1 aromatic heterocycles. The first-order valence-corrected chi connectivity index (χ1v) is 9.86. The van der Waals surface area contributed by atoms with Crippen molar-refractivity contribution in [2.75, 3.05) is 36.5 Å². The summed E-state index contributed by atoms with van der Waals surface area (Å²) >= 11 is 0. The molecular weight excluding hydrogens is 376 g/mol. The van der Waals surface area contributed by atoms with Gasteiger partial charge in [0, 0.05) is 29.7 Å². The van der Waals surface area contributed by atoms with E-state index in [0.29, 0.717) is 32.0 Å². The molecule has 1 N–H and O–H groups in total. The Morgan fingerprint density at radius 2 is 1.90 bits per heavy atom. The number of carbonyl (C=O) groups excluding carboxylic acids is 1. The maximum Gasteiger partial charge on any atom is 0.266 e. The van der Waals surface area contributed by atoms with Crippen LogP contribution >= 0.6 is 0 Å². The second-order valence-electron chi connectivity index (χ2n) is 7.18. The number of aryl methyl sites for hydroxylation is 1. The second-order valence-corrected chi connectivity index (χ2v) is 7.18. The van der Waals surface area contributed by atoms with Gasteiger partial charge in [0.05, 0.1) is 18.7 Å². The lowest BCUT2D eigenvalue weighted by atomic mass is 10.1. The fourth-order valence-corrected chi connectivity index (χ4v) is 3.40. The van der Waals surface area contributed by atoms with Gasteiger partial charge in [0.1, 0.15) is 17.5 Å². The van der Waals surface area contributed by atoms with Gasteiger partial charge >= 0.3 is 0 Å². The third-order valence-corrected chi connectivity index (χ3v) is 5.02. The van der Waals surface area contributed by atoms with Crippen LogP contribution in [0.4, 0.5) is 11.5 Å². The maximum atomic E-state index is 12.7. The molecule has 6 heteroatoms. The number of rotatable bonds is 4. The summed E-state index contributed by atoms with van der Waals surface area (Å²) < 4.78 is 5.46. The summed E-state index contributed by atoms with van der Waals surface area (Å²) in [6.45, 7) is 4.65. The first-order chi connectivity index (χ1) is 14.6. The highest BCUT2D eigenvalue weighted by Crippen LogP contribution is 2.27. The molecule has 4 rings (SSSR count). The van der Waals surface area contributed by atoms with E-state index in [4.69, 9.17) is 9.72 Å². The van der Waals surface area contributed by atoms with Crippen molar-refractivity contribution in [3.8, 4) is 6.07 Å². The number of morpholine rings is 1. The number of benzene rings is 2. The SMILES string of the molecule is Cc1ccc(NC(=O)/C(C#N)=C/c2cc3ccccc3nc2N2CCOCC2)cc1. The summed E-state index contributed by atoms with van der Waals surface area (Å²) in [6.07, 6.45) is 1.62. The van der Waals surface area contributed by atoms with Gasteiger partial charge < -0.3 is 15.0 Å². The number of hydrogen-bond acceptors (Lipinski definition) is 5. The van der Waals surface area contributed by atoms with E-state index in [0.717, 1.165) is 27.8 Å². The van der Waals surface area contributed by atoms with Crippen LogP contribution in [0.5, 0.6) is 0 Å². The normalized spacial score (nSPS) is 14.4. The molecule has 1 aliphatic heterocycles. The van der Waals surface area contributed by atoms with Crippen LogP contribution in [0.1, 0.15) is 11.1 Å². The number of pyridine rings is 1. The molecule has 0 spiro atoms. The lowest BCUT2D eigenvalue weighted by Crippen LogP contribution is -2.37. The Kier molecular flexibility index (Phi) is 5.73. The van der Waals surface area contributed by atoms with Crippen LogP contribution in [-0.2, 0) is 9.53 Å². The van der Waals surface area contributed by atoms with Gasteiger partial charge in [0.2, 0.25) is 0 Å². The molecule has 2 aromatic carbocycles. The Hall–Kier alpha value is -3.69. The molecule has 1 amide bonds. The number of fused-ring (bicyclic) bond motifs is 1. The lowest BCUT2D eigenvalue weighted by molar-refractivity contribution is -0.112. The third-order valence-electron chi connectivity index (χ3n) is 5.02. The molecule has 0 unspecified atom stereocenters. The van der Waals surface area contributed by atoms with Crippen LogP contribution in [0.3, 0.4) is 0 Å². The Labute approximate surface area is 175 Å². The van der Waals surface area contributed by atoms with E-state index in [2.05, 4.69) is 10.2 Å². The Morgan fingerprint density at radius 3 is 2.63 bits per heavy atom. The fourth-order valence-electron chi connectivity index (χ4n) is 3.40. The van der Waals surface area contributed by atoms with Crippen LogP contribution in [0.15, 0.2) is 60.2 Å². The average molecular weight is 398 g/mol. The molecule has 2 heterocycles. The number of hydrogen-bond donors (Lipinski definition) is 1. The zero-order chi connectivity index (χ0) is 20.9. The largest absolute Gasteiger partial charge is 0.378 e. The molecule has 0 atom stereocenters. The van der Waals surface area contributed by atoms with Crippen molar-refractivity contribution in [3.63, 3.8) is 0 Å². The molecule has 1 saturated heterocycles. The molecule has 150 valence electrons. The van der Waals surface area contributed by atoms with Crippen molar-refractivity contribution in [2.24, 2.45) is 0 Å². The second kappa shape index (κ2) is 8.76. The quantitative estimate of drug-likeness (QED) is 0.532. The van der Waals surface area contributed by atoms with Gasteiger partial charge in [0.25, 0.3) is 5.91 Å². The summed E-state index contributed by atoms with van der Waals surface area (Å²) in [7, 11) is 0. The van der Waals surface area contributed by atoms with E-state index in [1.54, 1.807) is 6.08 Å². The monoisotopic (exact) mass is 398 g/mol. The molecule has 6 nitrogen and oxygen atoms in total. The number of amides is 1. The van der Waals surface area contributed by atoms with Crippen molar-refractivity contribution >= 4 is 34.4 Å². The fraction of sp³-hybridized carbons (Fsp3) is 0.208. The Bertz CT molecular complexity index is 1140. The zero-order valence-electron chi connectivity index (χ0n) is 16.8. The molecule has 0 radical (unpaired) electrons. The molecular formula is C24H22N4O2. The van der Waals surface area contributed by atoms with E-state index in [-0.39, 0.29) is 5.57 Å². The van der Waals surface area contributed by atoms with Gasteiger partial charge in [-0.25, -0.2) is 4.98 Å². The van der Waals surface area contributed by atoms with Crippen molar-refractivity contribution < 1.29 is 9.53 Å². The van der Waals surface area contributed by atoms with Gasteiger partial charge in [-0.05, 0) is 37.3 Å². The highest BCUT2D eigenvalue weighted by molar-refractivity contribution is 6.10. The first kappa shape index (κ1) is 19.6. The number of ether oxygens (including phenoxy) is 1. The number of para-hydroxylation sites is 1. The summed E-state index contributed by atoms with van der Waals surface area (Å²) in [5.74, 6) is 0.315. The number of carbonyl (C=O) groups is 1. The van der Waals surface area contributed by atoms with Gasteiger partial charge in [-0.1, -0.05) is 35.9 Å². The zero-order valence-corrected chi connectivity index (χ0v) is 16.8. The van der Waals surface area contributed by atoms with Crippen LogP contribution in [0.25, 0.3) is 17.0 Å². The summed E-state index contributed by atoms with van der Waals surface area (Å²) in [6, 6.07) is 19.3. The van der Waals surface area contributed by atoms with Crippen LogP contribution in [0.2, 0.25) is 0 Å². The molecule has 3 aromatic rings. The van der Waals surface area contributed by atoms with Crippen molar-refractivity contribution in [1.82, 2.24) is 4.98 Å². The molecule has 0 aliphatic carbocycles. The lowest BCUT2D eigenvalue weighted by Gasteiger charge is -2.29. The number of nitriles is 1. The van der Waals surface area contributed by atoms with Crippen LogP contribution in [-0.4, -0.2) is 37.2 Å². The van der Waals surface area contributed by atoms with E-state index >= 15 is 0 Å². The topological polar surface area (TPSA) is 78.2 Å². The maximum absolute atomic E-state index is 12.7. The molecule has 1 aliphatic rings. The molecule has 30 heavy (non-hydrogen) atoms. The summed E-state index contributed by atoms with van der Waals surface area (Å²) in [4.78, 5) is 19.7. The number of nitrogens with zero attached hydrogens (tertiary/aromatic N) is 3. The van der Waals surface area contributed by atoms with Gasteiger partial charge in [-0.15, -0.1) is 0 Å². The van der Waals surface area contributed by atoms with Crippen molar-refractivity contribution in [3.05, 3.63) is 71.3 Å². The standard InChI is InChI=1S/C24H22N4O2/c1-17-6-8-21(9-7-17)26-24(29)20(16-25)15-19-14-18-4-2-3-5-22(18)27-23(19)28-10-12-30-13-11-28/h2-9,14-15H,10-13H2,1H3,(H,26,29)/b20-15+. The molecule has 0 saturated carbocycles. The molecule has 0 bridgehead atoms. The first-order valence-electron chi connectivity index (χ1n) is 9.86. The minimum atomic E-state index is -0.442. The third kappa shape index (κ3) is 4.32. The van der Waals surface area contributed by atoms with Gasteiger partial charge in [0.15, 0.2) is 0 Å². The molecule has 1 fully saturated rings. The Balaban J connectivity index is 1.71. The minimum Gasteiger partial charge on any atom is -0.378 e. The number of anilines is 2. The van der Waals surface area contributed by atoms with Gasteiger partial charge in [-0.3, -0.25) is 4.79 Å². The van der Waals surface area contributed by atoms with E-state index < -0.39 is 5.91 Å². The highest BCUT2D eigenvalue weighted by atomic mass is 16.5. The number of aromatic nitrogens is 1. The van der Waals surface area contributed by atoms with Gasteiger partial charge in [-0.2, -0.15) is 5.26 Å². The summed E-state index contributed by atoms with van der Waals surface area (Å²) in [5, 5.41) is 13.4. The van der Waals surface area contributed by atoms with Crippen LogP contribution in [0, 0.1) is 18.3 Å². The van der Waals surface area contributed by atoms with E-state index in [1.807, 2.05) is 67.6 Å². The van der Waals surface area contributed by atoms with E-state index in [9.17, 15) is 10.1 Å². The summed E-state index contributed by atoms with van der Waals surface area (Å²) in [5.41, 5.74) is 3.39. The Morgan fingerprint density at radius 1 is 1.17 bits per heavy atom. The van der Waals surface area contributed by atoms with Crippen molar-refractivity contribution in [2.45, 2.75) is 6.92 Å². The van der Waals surface area contributed by atoms with Crippen LogP contribution < -0.4 is 10.2 Å². The minimum absolute atomic E-state index is 0.0298. The predicted molar refractivity (Wildman–Crippen MR) is 118 cm³/mol. The van der Waals surface area contributed by atoms with Crippen molar-refractivity contribution in [1.29, 1.82) is 5.26 Å².